The van der Waals surface area contributed by atoms with Crippen LogP contribution in [0.3, 0.4) is 0 Å². The van der Waals surface area contributed by atoms with Gasteiger partial charge in [0, 0.05) is 30.8 Å². The summed E-state index contributed by atoms with van der Waals surface area (Å²) in [6.07, 6.45) is 4.98. The summed E-state index contributed by atoms with van der Waals surface area (Å²) < 4.78 is 8.23. The van der Waals surface area contributed by atoms with Gasteiger partial charge in [0.05, 0.1) is 12.9 Å². The van der Waals surface area contributed by atoms with Gasteiger partial charge < -0.3 is 15.0 Å². The van der Waals surface area contributed by atoms with Gasteiger partial charge in [0.25, 0.3) is 0 Å². The molecule has 2 atom stereocenters. The van der Waals surface area contributed by atoms with Gasteiger partial charge in [-0.15, -0.1) is 0 Å². The highest BCUT2D eigenvalue weighted by atomic mass is 16.5. The van der Waals surface area contributed by atoms with Crippen LogP contribution in [0.15, 0.2) is 36.8 Å². The molecule has 1 aliphatic rings. The first kappa shape index (κ1) is 14.1. The van der Waals surface area contributed by atoms with E-state index in [1.165, 1.54) is 11.3 Å². The SMILES string of the molecule is CC(C)C(CN)c1cncn1CC1Cc2ccccc2O1. The second-order valence-corrected chi connectivity index (χ2v) is 6.11. The van der Waals surface area contributed by atoms with Crippen molar-refractivity contribution in [2.45, 2.75) is 38.8 Å². The van der Waals surface area contributed by atoms with E-state index in [0.717, 1.165) is 18.7 Å². The zero-order chi connectivity index (χ0) is 14.8. The molecule has 112 valence electrons. The number of ether oxygens (including phenoxy) is 1. The molecule has 21 heavy (non-hydrogen) atoms. The summed E-state index contributed by atoms with van der Waals surface area (Å²) in [6, 6.07) is 8.27. The molecular formula is C17H23N3O. The van der Waals surface area contributed by atoms with Crippen molar-refractivity contribution in [2.75, 3.05) is 6.54 Å². The molecular weight excluding hydrogens is 262 g/mol. The fourth-order valence-electron chi connectivity index (χ4n) is 3.10. The third-order valence-electron chi connectivity index (χ3n) is 4.30. The van der Waals surface area contributed by atoms with Crippen LogP contribution in [0.25, 0.3) is 0 Å². The van der Waals surface area contributed by atoms with Crippen LogP contribution in [0.5, 0.6) is 5.75 Å². The molecule has 0 amide bonds. The standard InChI is InChI=1S/C17H23N3O/c1-12(2)15(8-18)16-9-19-11-20(16)10-14-7-13-5-3-4-6-17(13)21-14/h3-6,9,11-12,14-15H,7-8,10,18H2,1-2H3. The molecule has 4 heteroatoms. The summed E-state index contributed by atoms with van der Waals surface area (Å²) in [5.41, 5.74) is 8.45. The quantitative estimate of drug-likeness (QED) is 0.918. The fraction of sp³-hybridized carbons (Fsp3) is 0.471. The van der Waals surface area contributed by atoms with Gasteiger partial charge in [-0.3, -0.25) is 0 Å². The highest BCUT2D eigenvalue weighted by molar-refractivity contribution is 5.37. The van der Waals surface area contributed by atoms with E-state index in [-0.39, 0.29) is 6.10 Å². The zero-order valence-corrected chi connectivity index (χ0v) is 12.7. The number of para-hydroxylation sites is 1. The largest absolute Gasteiger partial charge is 0.488 e. The number of rotatable bonds is 5. The molecule has 1 aliphatic heterocycles. The van der Waals surface area contributed by atoms with E-state index < -0.39 is 0 Å². The van der Waals surface area contributed by atoms with E-state index in [4.69, 9.17) is 10.5 Å². The summed E-state index contributed by atoms with van der Waals surface area (Å²) in [6.45, 7) is 5.88. The fourth-order valence-corrected chi connectivity index (χ4v) is 3.10. The van der Waals surface area contributed by atoms with Crippen LogP contribution >= 0.6 is 0 Å². The van der Waals surface area contributed by atoms with Gasteiger partial charge in [-0.25, -0.2) is 4.98 Å². The summed E-state index contributed by atoms with van der Waals surface area (Å²) in [4.78, 5) is 4.32. The molecule has 0 spiro atoms. The molecule has 0 saturated heterocycles. The van der Waals surface area contributed by atoms with Crippen LogP contribution in [0.2, 0.25) is 0 Å². The topological polar surface area (TPSA) is 53.1 Å². The first-order valence-electron chi connectivity index (χ1n) is 7.63. The molecule has 4 nitrogen and oxygen atoms in total. The van der Waals surface area contributed by atoms with Crippen molar-refractivity contribution < 1.29 is 4.74 Å². The Kier molecular flexibility index (Phi) is 3.97. The van der Waals surface area contributed by atoms with E-state index in [9.17, 15) is 0 Å². The molecule has 1 aromatic carbocycles. The minimum absolute atomic E-state index is 0.181. The predicted octanol–water partition coefficient (Wildman–Crippen LogP) is 2.59. The first-order valence-corrected chi connectivity index (χ1v) is 7.63. The highest BCUT2D eigenvalue weighted by Crippen LogP contribution is 2.30. The molecule has 0 aliphatic carbocycles. The van der Waals surface area contributed by atoms with Crippen LogP contribution in [0.4, 0.5) is 0 Å². The van der Waals surface area contributed by atoms with Crippen molar-refractivity contribution in [1.82, 2.24) is 9.55 Å². The Labute approximate surface area is 125 Å². The molecule has 1 aromatic heterocycles. The van der Waals surface area contributed by atoms with Crippen molar-refractivity contribution >= 4 is 0 Å². The third kappa shape index (κ3) is 2.81. The molecule has 0 fully saturated rings. The van der Waals surface area contributed by atoms with E-state index in [0.29, 0.717) is 18.4 Å². The Morgan fingerprint density at radius 2 is 2.19 bits per heavy atom. The zero-order valence-electron chi connectivity index (χ0n) is 12.7. The lowest BCUT2D eigenvalue weighted by Crippen LogP contribution is -2.25. The molecule has 0 radical (unpaired) electrons. The Balaban J connectivity index is 1.74. The van der Waals surface area contributed by atoms with Gasteiger partial charge in [0.2, 0.25) is 0 Å². The van der Waals surface area contributed by atoms with Gasteiger partial charge >= 0.3 is 0 Å². The molecule has 0 bridgehead atoms. The van der Waals surface area contributed by atoms with E-state index in [2.05, 4.69) is 35.5 Å². The normalized spacial score (nSPS) is 18.6. The molecule has 0 saturated carbocycles. The number of nitrogens with two attached hydrogens (primary N) is 1. The van der Waals surface area contributed by atoms with Crippen LogP contribution in [-0.2, 0) is 13.0 Å². The molecule has 2 N–H and O–H groups in total. The number of fused-ring (bicyclic) bond motifs is 1. The summed E-state index contributed by atoms with van der Waals surface area (Å²) >= 11 is 0. The highest BCUT2D eigenvalue weighted by Gasteiger charge is 2.25. The van der Waals surface area contributed by atoms with Gasteiger partial charge in [0.1, 0.15) is 11.9 Å². The van der Waals surface area contributed by atoms with Crippen LogP contribution in [0.1, 0.15) is 31.0 Å². The molecule has 3 rings (SSSR count). The minimum atomic E-state index is 0.181. The summed E-state index contributed by atoms with van der Waals surface area (Å²) in [7, 11) is 0. The minimum Gasteiger partial charge on any atom is -0.488 e. The Morgan fingerprint density at radius 1 is 1.38 bits per heavy atom. The van der Waals surface area contributed by atoms with Gasteiger partial charge in [-0.1, -0.05) is 32.0 Å². The van der Waals surface area contributed by atoms with E-state index in [1.807, 2.05) is 24.7 Å². The predicted molar refractivity (Wildman–Crippen MR) is 83.4 cm³/mol. The van der Waals surface area contributed by atoms with Crippen molar-refractivity contribution in [3.63, 3.8) is 0 Å². The smallest absolute Gasteiger partial charge is 0.123 e. The Bertz CT molecular complexity index is 581. The second kappa shape index (κ2) is 5.90. The van der Waals surface area contributed by atoms with Gasteiger partial charge in [-0.05, 0) is 17.5 Å². The maximum absolute atomic E-state index is 6.03. The van der Waals surface area contributed by atoms with Crippen molar-refractivity contribution in [1.29, 1.82) is 0 Å². The lowest BCUT2D eigenvalue weighted by Gasteiger charge is -2.22. The third-order valence-corrected chi connectivity index (χ3v) is 4.30. The monoisotopic (exact) mass is 285 g/mol. The number of hydrogen-bond acceptors (Lipinski definition) is 3. The average Bonchev–Trinajstić information content (AvgIpc) is 3.06. The maximum atomic E-state index is 6.03. The lowest BCUT2D eigenvalue weighted by molar-refractivity contribution is 0.206. The van der Waals surface area contributed by atoms with Crippen LogP contribution in [0, 0.1) is 5.92 Å². The van der Waals surface area contributed by atoms with Crippen molar-refractivity contribution in [2.24, 2.45) is 11.7 Å². The number of hydrogen-bond donors (Lipinski definition) is 1. The first-order chi connectivity index (χ1) is 10.2. The van der Waals surface area contributed by atoms with Crippen LogP contribution < -0.4 is 10.5 Å². The van der Waals surface area contributed by atoms with Crippen molar-refractivity contribution in [3.8, 4) is 5.75 Å². The molecule has 2 heterocycles. The number of benzene rings is 1. The number of imidazole rings is 1. The second-order valence-electron chi connectivity index (χ2n) is 6.11. The number of aromatic nitrogens is 2. The maximum Gasteiger partial charge on any atom is 0.123 e. The van der Waals surface area contributed by atoms with Gasteiger partial charge in [-0.2, -0.15) is 0 Å². The summed E-state index contributed by atoms with van der Waals surface area (Å²) in [5.74, 6) is 1.87. The van der Waals surface area contributed by atoms with Crippen molar-refractivity contribution in [3.05, 3.63) is 48.0 Å². The van der Waals surface area contributed by atoms with Gasteiger partial charge in [0.15, 0.2) is 0 Å². The molecule has 2 aromatic rings. The van der Waals surface area contributed by atoms with E-state index in [1.54, 1.807) is 0 Å². The van der Waals surface area contributed by atoms with Crippen LogP contribution in [-0.4, -0.2) is 22.2 Å². The van der Waals surface area contributed by atoms with E-state index >= 15 is 0 Å². The average molecular weight is 285 g/mol. The molecule has 2 unspecified atom stereocenters. The Hall–Kier alpha value is -1.81. The summed E-state index contributed by atoms with van der Waals surface area (Å²) in [5, 5.41) is 0. The Morgan fingerprint density at radius 3 is 2.90 bits per heavy atom. The lowest BCUT2D eigenvalue weighted by atomic mass is 9.93. The number of nitrogens with zero attached hydrogens (tertiary/aromatic N) is 2.